The summed E-state index contributed by atoms with van der Waals surface area (Å²) < 4.78 is 30.4. The minimum atomic E-state index is -3.88. The van der Waals surface area contributed by atoms with Crippen molar-refractivity contribution in [1.82, 2.24) is 4.72 Å². The number of quaternary nitrogens is 1. The molecule has 1 aliphatic rings. The van der Waals surface area contributed by atoms with Gasteiger partial charge in [0.1, 0.15) is 11.4 Å². The van der Waals surface area contributed by atoms with Crippen LogP contribution < -0.4 is 14.1 Å². The lowest BCUT2D eigenvalue weighted by atomic mass is 10.3. The Balaban J connectivity index is 2.04. The number of hydrogen-bond acceptors (Lipinski definition) is 5. The van der Waals surface area contributed by atoms with E-state index in [0.29, 0.717) is 0 Å². The maximum Gasteiger partial charge on any atom is 0.383 e. The first kappa shape index (κ1) is 13.2. The predicted molar refractivity (Wildman–Crippen MR) is 64.1 cm³/mol. The largest absolute Gasteiger partial charge is 0.628 e. The first-order valence-corrected chi connectivity index (χ1v) is 6.75. The summed E-state index contributed by atoms with van der Waals surface area (Å²) in [5, 5.41) is 19.7. The van der Waals surface area contributed by atoms with Gasteiger partial charge in [-0.2, -0.15) is 13.1 Å². The van der Waals surface area contributed by atoms with Crippen LogP contribution in [0.2, 0.25) is 0 Å². The Kier molecular flexibility index (Phi) is 3.30. The van der Waals surface area contributed by atoms with Gasteiger partial charge in [0.25, 0.3) is 0 Å². The Morgan fingerprint density at radius 2 is 1.83 bits per heavy atom. The van der Waals surface area contributed by atoms with Crippen molar-refractivity contribution in [1.29, 1.82) is 0 Å². The van der Waals surface area contributed by atoms with Gasteiger partial charge in [0.2, 0.25) is 0 Å². The Labute approximate surface area is 105 Å². The van der Waals surface area contributed by atoms with Crippen molar-refractivity contribution in [3.05, 3.63) is 34.7 Å². The fourth-order valence-corrected chi connectivity index (χ4v) is 2.60. The highest BCUT2D eigenvalue weighted by Gasteiger charge is 2.41. The fourth-order valence-electron chi connectivity index (χ4n) is 1.39. The smallest absolute Gasteiger partial charge is 0.383 e. The van der Waals surface area contributed by atoms with Crippen LogP contribution in [0.5, 0.6) is 5.75 Å². The Morgan fingerprint density at radius 1 is 1.28 bits per heavy atom. The van der Waals surface area contributed by atoms with Gasteiger partial charge < -0.3 is 19.8 Å². The van der Waals surface area contributed by atoms with E-state index in [1.54, 1.807) is 6.92 Å². The number of hydrogen-bond donors (Lipinski definition) is 2. The van der Waals surface area contributed by atoms with Crippen molar-refractivity contribution in [3.63, 3.8) is 0 Å². The lowest BCUT2D eigenvalue weighted by Gasteiger charge is -2.24. The normalized spacial score (nSPS) is 17.8. The Hall–Kier alpha value is -1.19. The molecular formula is C10H13N2O5S-. The first-order valence-electron chi connectivity index (χ1n) is 5.34. The Morgan fingerprint density at radius 3 is 2.28 bits per heavy atom. The fraction of sp³-hybridized carbons (Fsp3) is 0.400. The summed E-state index contributed by atoms with van der Waals surface area (Å²) in [5.74, 6) is 0.0525. The molecule has 0 aliphatic heterocycles. The lowest BCUT2D eigenvalue weighted by Crippen LogP contribution is -2.96. The van der Waals surface area contributed by atoms with Crippen LogP contribution in [0.25, 0.3) is 0 Å². The molecule has 18 heavy (non-hydrogen) atoms. The van der Waals surface area contributed by atoms with Crippen LogP contribution in [0.15, 0.2) is 24.3 Å². The van der Waals surface area contributed by atoms with Gasteiger partial charge in [-0.25, -0.2) is 0 Å². The minimum Gasteiger partial charge on any atom is -0.628 e. The van der Waals surface area contributed by atoms with Crippen molar-refractivity contribution in [3.8, 4) is 5.75 Å². The van der Waals surface area contributed by atoms with Crippen LogP contribution >= 0.6 is 0 Å². The molecule has 0 unspecified atom stereocenters. The second-order valence-electron chi connectivity index (χ2n) is 4.51. The molecule has 1 fully saturated rings. The van der Waals surface area contributed by atoms with Gasteiger partial charge >= 0.3 is 10.3 Å². The van der Waals surface area contributed by atoms with Crippen molar-refractivity contribution >= 4 is 16.0 Å². The topological polar surface area (TPSA) is 106 Å². The third-order valence-corrected chi connectivity index (χ3v) is 3.82. The van der Waals surface area contributed by atoms with Gasteiger partial charge in [-0.1, -0.05) is 0 Å². The zero-order valence-electron chi connectivity index (χ0n) is 9.67. The average molecular weight is 273 g/mol. The molecule has 1 aromatic rings. The molecule has 2 N–H and O–H groups in total. The molecule has 0 bridgehead atoms. The first-order chi connectivity index (χ1) is 8.30. The highest BCUT2D eigenvalue weighted by Crippen LogP contribution is 2.35. The average Bonchev–Trinajstić information content (AvgIpc) is 2.94. The summed E-state index contributed by atoms with van der Waals surface area (Å²) in [6.07, 6.45) is 1.55. The van der Waals surface area contributed by atoms with Crippen molar-refractivity contribution in [2.45, 2.75) is 25.3 Å². The van der Waals surface area contributed by atoms with Gasteiger partial charge in [-0.05, 0) is 31.9 Å². The molecule has 0 spiro atoms. The summed E-state index contributed by atoms with van der Waals surface area (Å²) in [6.45, 7) is 1.78. The molecule has 2 rings (SSSR count). The van der Waals surface area contributed by atoms with E-state index in [-0.39, 0.29) is 11.4 Å². The van der Waals surface area contributed by atoms with Gasteiger partial charge in [0.05, 0.1) is 0 Å². The molecule has 0 atom stereocenters. The van der Waals surface area contributed by atoms with Crippen molar-refractivity contribution in [2.75, 3.05) is 0 Å². The van der Waals surface area contributed by atoms with Crippen LogP contribution in [0.1, 0.15) is 19.8 Å². The van der Waals surface area contributed by atoms with E-state index in [1.807, 2.05) is 0 Å². The van der Waals surface area contributed by atoms with Crippen LogP contribution in [0.3, 0.4) is 0 Å². The Bertz CT molecular complexity index is 522. The summed E-state index contributed by atoms with van der Waals surface area (Å²) in [5.41, 5.74) is -0.453. The van der Waals surface area contributed by atoms with E-state index in [2.05, 4.69) is 4.72 Å². The van der Waals surface area contributed by atoms with Crippen LogP contribution in [-0.4, -0.2) is 14.0 Å². The standard InChI is InChI=1S/C10H13N2O5S/c1-10(6-7-10)11-18(15,16)17-9-4-2-8(3-5-9)12(13)14/h2-5,11-12H,6-7H2,1H3/q-1. The van der Waals surface area contributed by atoms with Gasteiger partial charge in [-0.15, -0.1) is 0 Å². The van der Waals surface area contributed by atoms with Crippen LogP contribution in [0.4, 0.5) is 5.69 Å². The van der Waals surface area contributed by atoms with E-state index in [9.17, 15) is 18.8 Å². The number of benzene rings is 1. The van der Waals surface area contributed by atoms with Crippen molar-refractivity contribution in [2.24, 2.45) is 0 Å². The SMILES string of the molecule is CC1(NS(=O)(=O)Oc2ccc([NH+]([O-])[O-])cc2)CC1. The highest BCUT2D eigenvalue weighted by molar-refractivity contribution is 7.85. The van der Waals surface area contributed by atoms with E-state index in [0.717, 1.165) is 12.8 Å². The number of nitrogens with one attached hydrogen (secondary N) is 2. The maximum atomic E-state index is 11.6. The van der Waals surface area contributed by atoms with Crippen LogP contribution in [-0.2, 0) is 10.3 Å². The van der Waals surface area contributed by atoms with E-state index in [1.165, 1.54) is 24.3 Å². The third kappa shape index (κ3) is 3.40. The van der Waals surface area contributed by atoms with E-state index in [4.69, 9.17) is 4.18 Å². The molecule has 100 valence electrons. The summed E-state index contributed by atoms with van der Waals surface area (Å²) in [7, 11) is -3.88. The molecule has 0 aromatic heterocycles. The minimum absolute atomic E-state index is 0.0399. The van der Waals surface area contributed by atoms with Crippen LogP contribution in [0, 0.1) is 10.4 Å². The predicted octanol–water partition coefficient (Wildman–Crippen LogP) is -0.0357. The van der Waals surface area contributed by atoms with Crippen molar-refractivity contribution < 1.29 is 17.8 Å². The molecule has 0 radical (unpaired) electrons. The molecule has 0 amide bonds. The summed E-state index contributed by atoms with van der Waals surface area (Å²) in [4.78, 5) is 0. The second-order valence-corrected chi connectivity index (χ2v) is 5.79. The molecule has 1 aromatic carbocycles. The maximum absolute atomic E-state index is 11.6. The van der Waals surface area contributed by atoms with E-state index >= 15 is 0 Å². The second kappa shape index (κ2) is 4.48. The van der Waals surface area contributed by atoms with Gasteiger partial charge in [0, 0.05) is 17.7 Å². The molecule has 1 saturated carbocycles. The third-order valence-electron chi connectivity index (χ3n) is 2.67. The molecule has 1 aliphatic carbocycles. The van der Waals surface area contributed by atoms with E-state index < -0.39 is 21.1 Å². The molecule has 0 heterocycles. The molecule has 7 nitrogen and oxygen atoms in total. The molecule has 8 heteroatoms. The molecule has 0 saturated heterocycles. The van der Waals surface area contributed by atoms with Gasteiger partial charge in [0.15, 0.2) is 0 Å². The molecular weight excluding hydrogens is 260 g/mol. The zero-order chi connectivity index (χ0) is 13.4. The monoisotopic (exact) mass is 273 g/mol. The summed E-state index contributed by atoms with van der Waals surface area (Å²) in [6, 6.07) is 4.97. The highest BCUT2D eigenvalue weighted by atomic mass is 32.2. The zero-order valence-corrected chi connectivity index (χ0v) is 10.5. The number of rotatable bonds is 5. The lowest BCUT2D eigenvalue weighted by molar-refractivity contribution is -0.715. The summed E-state index contributed by atoms with van der Waals surface area (Å²) >= 11 is 0. The quantitative estimate of drug-likeness (QED) is 0.732. The van der Waals surface area contributed by atoms with Gasteiger partial charge in [-0.3, -0.25) is 0 Å².